The lowest BCUT2D eigenvalue weighted by Gasteiger charge is -2.14. The molecule has 1 amide bonds. The fourth-order valence-electron chi connectivity index (χ4n) is 1.04. The summed E-state index contributed by atoms with van der Waals surface area (Å²) in [6, 6.07) is 0. The molecular formula is C9H13N3O3S. The van der Waals surface area contributed by atoms with Gasteiger partial charge in [0.05, 0.1) is 19.2 Å². The van der Waals surface area contributed by atoms with Gasteiger partial charge in [-0.15, -0.1) is 5.10 Å². The molecule has 88 valence electrons. The molecule has 1 rings (SSSR count). The molecule has 0 spiro atoms. The maximum Gasteiger partial charge on any atom is 0.307 e. The van der Waals surface area contributed by atoms with Gasteiger partial charge < -0.3 is 9.64 Å². The Bertz CT molecular complexity index is 353. The van der Waals surface area contributed by atoms with Gasteiger partial charge in [0, 0.05) is 13.6 Å². The molecule has 0 N–H and O–H groups in total. The monoisotopic (exact) mass is 243 g/mol. The molecule has 0 aliphatic heterocycles. The maximum absolute atomic E-state index is 11.7. The average Bonchev–Trinajstić information content (AvgIpc) is 2.78. The second kappa shape index (κ2) is 6.16. The molecule has 7 heteroatoms. The predicted molar refractivity (Wildman–Crippen MR) is 58.1 cm³/mol. The van der Waals surface area contributed by atoms with Crippen molar-refractivity contribution >= 4 is 23.4 Å². The van der Waals surface area contributed by atoms with E-state index >= 15 is 0 Å². The zero-order valence-corrected chi connectivity index (χ0v) is 9.99. The molecule has 6 nitrogen and oxygen atoms in total. The van der Waals surface area contributed by atoms with Crippen molar-refractivity contribution in [3.05, 3.63) is 11.1 Å². The number of hydrogen-bond acceptors (Lipinski definition) is 6. The van der Waals surface area contributed by atoms with Crippen LogP contribution < -0.4 is 0 Å². The number of carbonyl (C=O) groups is 2. The Balaban J connectivity index is 2.38. The van der Waals surface area contributed by atoms with Gasteiger partial charge in [0.1, 0.15) is 4.88 Å². The Morgan fingerprint density at radius 3 is 2.88 bits per heavy atom. The van der Waals surface area contributed by atoms with Crippen molar-refractivity contribution in [3.8, 4) is 0 Å². The normalized spacial score (nSPS) is 9.88. The fourth-order valence-corrected chi connectivity index (χ4v) is 1.55. The highest BCUT2D eigenvalue weighted by atomic mass is 32.1. The van der Waals surface area contributed by atoms with E-state index in [0.29, 0.717) is 18.0 Å². The van der Waals surface area contributed by atoms with E-state index < -0.39 is 0 Å². The van der Waals surface area contributed by atoms with E-state index in [1.165, 1.54) is 11.1 Å². The van der Waals surface area contributed by atoms with Gasteiger partial charge in [-0.3, -0.25) is 9.59 Å². The minimum absolute atomic E-state index is 0.181. The van der Waals surface area contributed by atoms with Crippen LogP contribution in [0.4, 0.5) is 0 Å². The first-order valence-corrected chi connectivity index (χ1v) is 5.61. The highest BCUT2D eigenvalue weighted by Crippen LogP contribution is 2.06. The molecule has 0 saturated heterocycles. The number of amides is 1. The zero-order valence-electron chi connectivity index (χ0n) is 9.17. The van der Waals surface area contributed by atoms with Crippen LogP contribution in [0.2, 0.25) is 0 Å². The van der Waals surface area contributed by atoms with E-state index in [4.69, 9.17) is 4.74 Å². The summed E-state index contributed by atoms with van der Waals surface area (Å²) in [7, 11) is 1.63. The Morgan fingerprint density at radius 1 is 1.56 bits per heavy atom. The molecule has 0 bridgehead atoms. The van der Waals surface area contributed by atoms with E-state index in [1.807, 2.05) is 0 Å². The molecule has 0 saturated carbocycles. The third-order valence-electron chi connectivity index (χ3n) is 1.88. The van der Waals surface area contributed by atoms with Crippen LogP contribution in [-0.4, -0.2) is 46.6 Å². The largest absolute Gasteiger partial charge is 0.466 e. The lowest BCUT2D eigenvalue weighted by Crippen LogP contribution is -2.28. The van der Waals surface area contributed by atoms with Crippen LogP contribution >= 0.6 is 11.5 Å². The number of aromatic nitrogens is 2. The molecule has 0 unspecified atom stereocenters. The summed E-state index contributed by atoms with van der Waals surface area (Å²) in [6.07, 6.45) is 1.61. The maximum atomic E-state index is 11.7. The quantitative estimate of drug-likeness (QED) is 0.707. The van der Waals surface area contributed by atoms with Crippen molar-refractivity contribution < 1.29 is 14.3 Å². The van der Waals surface area contributed by atoms with Crippen LogP contribution in [0, 0.1) is 0 Å². The van der Waals surface area contributed by atoms with E-state index in [1.54, 1.807) is 14.0 Å². The Labute approximate surface area is 97.4 Å². The highest BCUT2D eigenvalue weighted by molar-refractivity contribution is 7.07. The van der Waals surface area contributed by atoms with Gasteiger partial charge in [0.15, 0.2) is 0 Å². The van der Waals surface area contributed by atoms with E-state index in [9.17, 15) is 9.59 Å². The Kier molecular flexibility index (Phi) is 4.84. The summed E-state index contributed by atoms with van der Waals surface area (Å²) >= 11 is 1.04. The lowest BCUT2D eigenvalue weighted by atomic mass is 10.3. The molecular weight excluding hydrogens is 230 g/mol. The molecule has 1 aromatic rings. The number of rotatable bonds is 5. The van der Waals surface area contributed by atoms with Gasteiger partial charge >= 0.3 is 5.97 Å². The van der Waals surface area contributed by atoms with Gasteiger partial charge in [-0.05, 0) is 18.5 Å². The summed E-state index contributed by atoms with van der Waals surface area (Å²) in [5.41, 5.74) is 0. The number of ether oxygens (including phenoxy) is 1. The third kappa shape index (κ3) is 3.58. The second-order valence-electron chi connectivity index (χ2n) is 3.06. The highest BCUT2D eigenvalue weighted by Gasteiger charge is 2.15. The van der Waals surface area contributed by atoms with Crippen LogP contribution in [-0.2, 0) is 9.53 Å². The van der Waals surface area contributed by atoms with Gasteiger partial charge in [0.25, 0.3) is 5.91 Å². The third-order valence-corrected chi connectivity index (χ3v) is 2.53. The van der Waals surface area contributed by atoms with Crippen molar-refractivity contribution in [2.75, 3.05) is 20.2 Å². The van der Waals surface area contributed by atoms with Crippen LogP contribution in [0.25, 0.3) is 0 Å². The average molecular weight is 243 g/mol. The summed E-state index contributed by atoms with van der Waals surface area (Å²) in [4.78, 5) is 24.7. The summed E-state index contributed by atoms with van der Waals surface area (Å²) in [5, 5.41) is 3.58. The van der Waals surface area contributed by atoms with E-state index in [0.717, 1.165) is 11.5 Å². The number of esters is 1. The number of carbonyl (C=O) groups excluding carboxylic acids is 2. The van der Waals surface area contributed by atoms with Crippen LogP contribution in [0.1, 0.15) is 23.0 Å². The van der Waals surface area contributed by atoms with Crippen molar-refractivity contribution in [2.24, 2.45) is 0 Å². The van der Waals surface area contributed by atoms with Gasteiger partial charge in [-0.25, -0.2) is 0 Å². The molecule has 0 fully saturated rings. The molecule has 1 heterocycles. The predicted octanol–water partition coefficient (Wildman–Crippen LogP) is 0.563. The first kappa shape index (κ1) is 12.6. The topological polar surface area (TPSA) is 72.4 Å². The first-order chi connectivity index (χ1) is 7.65. The molecule has 0 aliphatic rings. The molecule has 0 aliphatic carbocycles. The SMILES string of the molecule is CCOC(=O)CCN(C)C(=O)c1cnns1. The van der Waals surface area contributed by atoms with E-state index in [-0.39, 0.29) is 18.3 Å². The fraction of sp³-hybridized carbons (Fsp3) is 0.556. The lowest BCUT2D eigenvalue weighted by molar-refractivity contribution is -0.143. The number of nitrogens with zero attached hydrogens (tertiary/aromatic N) is 3. The molecule has 0 radical (unpaired) electrons. The van der Waals surface area contributed by atoms with Crippen molar-refractivity contribution in [2.45, 2.75) is 13.3 Å². The molecule has 16 heavy (non-hydrogen) atoms. The second-order valence-corrected chi connectivity index (χ2v) is 3.85. The molecule has 0 aromatic carbocycles. The van der Waals surface area contributed by atoms with E-state index in [2.05, 4.69) is 9.59 Å². The zero-order chi connectivity index (χ0) is 12.0. The Morgan fingerprint density at radius 2 is 2.31 bits per heavy atom. The summed E-state index contributed by atoms with van der Waals surface area (Å²) in [6.45, 7) is 2.43. The summed E-state index contributed by atoms with van der Waals surface area (Å²) < 4.78 is 8.37. The van der Waals surface area contributed by atoms with Crippen LogP contribution in [0.3, 0.4) is 0 Å². The van der Waals surface area contributed by atoms with Gasteiger partial charge in [-0.1, -0.05) is 4.49 Å². The van der Waals surface area contributed by atoms with Gasteiger partial charge in [0.2, 0.25) is 0 Å². The minimum atomic E-state index is -0.301. The first-order valence-electron chi connectivity index (χ1n) is 4.83. The molecule has 0 atom stereocenters. The van der Waals surface area contributed by atoms with Crippen molar-refractivity contribution in [3.63, 3.8) is 0 Å². The standard InChI is InChI=1S/C9H13N3O3S/c1-3-15-8(13)4-5-12(2)9(14)7-6-10-11-16-7/h6H,3-5H2,1-2H3. The van der Waals surface area contributed by atoms with Gasteiger partial charge in [-0.2, -0.15) is 0 Å². The van der Waals surface area contributed by atoms with Crippen molar-refractivity contribution in [1.29, 1.82) is 0 Å². The Hall–Kier alpha value is -1.50. The summed E-state index contributed by atoms with van der Waals surface area (Å²) in [5.74, 6) is -0.483. The van der Waals surface area contributed by atoms with Crippen LogP contribution in [0.15, 0.2) is 6.20 Å². The molecule has 1 aromatic heterocycles. The van der Waals surface area contributed by atoms with Crippen LogP contribution in [0.5, 0.6) is 0 Å². The van der Waals surface area contributed by atoms with Crippen molar-refractivity contribution in [1.82, 2.24) is 14.5 Å². The smallest absolute Gasteiger partial charge is 0.307 e. The number of hydrogen-bond donors (Lipinski definition) is 0. The minimum Gasteiger partial charge on any atom is -0.466 e.